The molecule has 0 amide bonds. The van der Waals surface area contributed by atoms with E-state index < -0.39 is 24.4 Å². The van der Waals surface area contributed by atoms with Gasteiger partial charge in [0.25, 0.3) is 6.43 Å². The van der Waals surface area contributed by atoms with Crippen LogP contribution >= 0.6 is 0 Å². The molecule has 0 fully saturated rings. The second-order valence-corrected chi connectivity index (χ2v) is 2.27. The lowest BCUT2D eigenvalue weighted by Gasteiger charge is -2.06. The summed E-state index contributed by atoms with van der Waals surface area (Å²) in [5.41, 5.74) is -0.773. The minimum Gasteiger partial charge on any atom is -0.392 e. The molecule has 0 radical (unpaired) electrons. The Balaban J connectivity index is 3.20. The van der Waals surface area contributed by atoms with Gasteiger partial charge in [0.15, 0.2) is 0 Å². The summed E-state index contributed by atoms with van der Waals surface area (Å²) in [6.45, 7) is -0.572. The molecule has 0 saturated heterocycles. The SMILES string of the molecule is OCc1cccc(F)c1C(F)F. The molecular formula is C8H7F3O. The van der Waals surface area contributed by atoms with Gasteiger partial charge in [-0.15, -0.1) is 0 Å². The van der Waals surface area contributed by atoms with Gasteiger partial charge in [-0.25, -0.2) is 13.2 Å². The van der Waals surface area contributed by atoms with Crippen molar-refractivity contribution in [2.24, 2.45) is 0 Å². The zero-order valence-corrected chi connectivity index (χ0v) is 6.10. The number of hydrogen-bond donors (Lipinski definition) is 1. The largest absolute Gasteiger partial charge is 0.392 e. The fraction of sp³-hybridized carbons (Fsp3) is 0.250. The summed E-state index contributed by atoms with van der Waals surface area (Å²) < 4.78 is 36.9. The molecule has 66 valence electrons. The molecule has 0 spiro atoms. The summed E-state index contributed by atoms with van der Waals surface area (Å²) in [6, 6.07) is 3.50. The minimum atomic E-state index is -2.88. The van der Waals surface area contributed by atoms with Gasteiger partial charge >= 0.3 is 0 Å². The molecule has 0 atom stereocenters. The number of alkyl halides is 2. The lowest BCUT2D eigenvalue weighted by atomic mass is 10.1. The maximum Gasteiger partial charge on any atom is 0.267 e. The third kappa shape index (κ3) is 1.58. The normalized spacial score (nSPS) is 10.8. The fourth-order valence-corrected chi connectivity index (χ4v) is 0.964. The Hall–Kier alpha value is -1.03. The smallest absolute Gasteiger partial charge is 0.267 e. The predicted molar refractivity (Wildman–Crippen MR) is 37.3 cm³/mol. The van der Waals surface area contributed by atoms with Crippen LogP contribution in [0.4, 0.5) is 13.2 Å². The molecule has 1 aromatic rings. The zero-order valence-electron chi connectivity index (χ0n) is 6.10. The first-order valence-electron chi connectivity index (χ1n) is 3.33. The van der Waals surface area contributed by atoms with E-state index in [1.54, 1.807) is 0 Å². The molecule has 12 heavy (non-hydrogen) atoms. The van der Waals surface area contributed by atoms with E-state index in [9.17, 15) is 13.2 Å². The minimum absolute atomic E-state index is 0.0648. The van der Waals surface area contributed by atoms with Crippen molar-refractivity contribution in [3.8, 4) is 0 Å². The molecule has 0 heterocycles. The molecule has 4 heteroatoms. The Bertz CT molecular complexity index is 273. The van der Waals surface area contributed by atoms with E-state index in [4.69, 9.17) is 5.11 Å². The predicted octanol–water partition coefficient (Wildman–Crippen LogP) is 2.26. The second-order valence-electron chi connectivity index (χ2n) is 2.27. The van der Waals surface area contributed by atoms with Crippen LogP contribution in [0.3, 0.4) is 0 Å². The van der Waals surface area contributed by atoms with Crippen LogP contribution in [-0.2, 0) is 6.61 Å². The van der Waals surface area contributed by atoms with Crippen LogP contribution in [0.25, 0.3) is 0 Å². The number of halogens is 3. The van der Waals surface area contributed by atoms with Gasteiger partial charge in [0.1, 0.15) is 5.82 Å². The van der Waals surface area contributed by atoms with Gasteiger partial charge in [-0.2, -0.15) is 0 Å². The van der Waals surface area contributed by atoms with Crippen LogP contribution < -0.4 is 0 Å². The molecule has 1 aromatic carbocycles. The van der Waals surface area contributed by atoms with Crippen molar-refractivity contribution in [3.63, 3.8) is 0 Å². The Morgan fingerprint density at radius 2 is 2.00 bits per heavy atom. The molecular weight excluding hydrogens is 169 g/mol. The third-order valence-electron chi connectivity index (χ3n) is 1.53. The van der Waals surface area contributed by atoms with Crippen molar-refractivity contribution in [1.82, 2.24) is 0 Å². The number of aliphatic hydroxyl groups is 1. The van der Waals surface area contributed by atoms with Gasteiger partial charge < -0.3 is 5.11 Å². The fourth-order valence-electron chi connectivity index (χ4n) is 0.964. The summed E-state index contributed by atoms with van der Waals surface area (Å²) in [5.74, 6) is -0.975. The summed E-state index contributed by atoms with van der Waals surface area (Å²) in [5, 5.41) is 8.59. The summed E-state index contributed by atoms with van der Waals surface area (Å²) >= 11 is 0. The Morgan fingerprint density at radius 1 is 1.33 bits per heavy atom. The maximum absolute atomic E-state index is 12.7. The highest BCUT2D eigenvalue weighted by atomic mass is 19.3. The second kappa shape index (κ2) is 3.58. The van der Waals surface area contributed by atoms with E-state index in [1.807, 2.05) is 0 Å². The Kier molecular flexibility index (Phi) is 2.70. The highest BCUT2D eigenvalue weighted by Crippen LogP contribution is 2.25. The van der Waals surface area contributed by atoms with Crippen molar-refractivity contribution in [2.45, 2.75) is 13.0 Å². The van der Waals surface area contributed by atoms with Crippen LogP contribution in [0.15, 0.2) is 18.2 Å². The zero-order chi connectivity index (χ0) is 9.14. The number of hydrogen-bond acceptors (Lipinski definition) is 1. The van der Waals surface area contributed by atoms with E-state index in [1.165, 1.54) is 12.1 Å². The van der Waals surface area contributed by atoms with Crippen molar-refractivity contribution >= 4 is 0 Å². The lowest BCUT2D eigenvalue weighted by molar-refractivity contribution is 0.142. The van der Waals surface area contributed by atoms with Crippen LogP contribution in [0.5, 0.6) is 0 Å². The molecule has 1 nitrogen and oxygen atoms in total. The Labute approximate surface area is 67.5 Å². The molecule has 0 unspecified atom stereocenters. The van der Waals surface area contributed by atoms with Crippen molar-refractivity contribution < 1.29 is 18.3 Å². The van der Waals surface area contributed by atoms with Gasteiger partial charge in [-0.1, -0.05) is 12.1 Å². The Morgan fingerprint density at radius 3 is 2.42 bits per heavy atom. The molecule has 0 saturated carbocycles. The van der Waals surface area contributed by atoms with Gasteiger partial charge in [-0.3, -0.25) is 0 Å². The third-order valence-corrected chi connectivity index (χ3v) is 1.53. The average Bonchev–Trinajstić information content (AvgIpc) is 2.03. The van der Waals surface area contributed by atoms with E-state index >= 15 is 0 Å². The average molecular weight is 176 g/mol. The number of benzene rings is 1. The summed E-state index contributed by atoms with van der Waals surface area (Å²) in [6.07, 6.45) is -2.88. The van der Waals surface area contributed by atoms with Gasteiger partial charge in [0.2, 0.25) is 0 Å². The molecule has 1 rings (SSSR count). The lowest BCUT2D eigenvalue weighted by Crippen LogP contribution is -1.98. The van der Waals surface area contributed by atoms with Crippen LogP contribution in [0.2, 0.25) is 0 Å². The van der Waals surface area contributed by atoms with Gasteiger partial charge in [0, 0.05) is 0 Å². The molecule has 0 aliphatic heterocycles. The highest BCUT2D eigenvalue weighted by Gasteiger charge is 2.16. The topological polar surface area (TPSA) is 20.2 Å². The van der Waals surface area contributed by atoms with Gasteiger partial charge in [-0.05, 0) is 11.6 Å². The summed E-state index contributed by atoms with van der Waals surface area (Å²) in [4.78, 5) is 0. The summed E-state index contributed by atoms with van der Waals surface area (Å²) in [7, 11) is 0. The number of rotatable bonds is 2. The first-order valence-corrected chi connectivity index (χ1v) is 3.33. The van der Waals surface area contributed by atoms with Crippen LogP contribution in [0.1, 0.15) is 17.6 Å². The molecule has 1 N–H and O–H groups in total. The van der Waals surface area contributed by atoms with Crippen molar-refractivity contribution in [1.29, 1.82) is 0 Å². The highest BCUT2D eigenvalue weighted by molar-refractivity contribution is 5.28. The first kappa shape index (κ1) is 9.06. The monoisotopic (exact) mass is 176 g/mol. The molecule has 0 aliphatic rings. The standard InChI is InChI=1S/C8H7F3O/c9-6-3-1-2-5(4-12)7(6)8(10)11/h1-3,8,12H,4H2. The van der Waals surface area contributed by atoms with E-state index in [-0.39, 0.29) is 5.56 Å². The first-order chi connectivity index (χ1) is 5.66. The van der Waals surface area contributed by atoms with E-state index in [0.29, 0.717) is 0 Å². The number of aliphatic hydroxyl groups excluding tert-OH is 1. The van der Waals surface area contributed by atoms with Crippen LogP contribution in [0, 0.1) is 5.82 Å². The van der Waals surface area contributed by atoms with Gasteiger partial charge in [0.05, 0.1) is 12.2 Å². The maximum atomic E-state index is 12.7. The van der Waals surface area contributed by atoms with E-state index in [0.717, 1.165) is 6.07 Å². The van der Waals surface area contributed by atoms with E-state index in [2.05, 4.69) is 0 Å². The quantitative estimate of drug-likeness (QED) is 0.732. The molecule has 0 aromatic heterocycles. The molecule has 0 bridgehead atoms. The van der Waals surface area contributed by atoms with Crippen molar-refractivity contribution in [2.75, 3.05) is 0 Å². The van der Waals surface area contributed by atoms with Crippen molar-refractivity contribution in [3.05, 3.63) is 35.1 Å². The molecule has 0 aliphatic carbocycles. The van der Waals surface area contributed by atoms with Crippen LogP contribution in [-0.4, -0.2) is 5.11 Å².